The molecule has 7 nitrogen and oxygen atoms in total. The zero-order valence-electron chi connectivity index (χ0n) is 14.8. The Morgan fingerprint density at radius 1 is 1.15 bits per heavy atom. The summed E-state index contributed by atoms with van der Waals surface area (Å²) in [5.74, 6) is 2.38. The molecule has 0 spiro atoms. The maximum absolute atomic E-state index is 12.6. The van der Waals surface area contributed by atoms with E-state index in [-0.39, 0.29) is 24.8 Å². The molecule has 1 amide bonds. The summed E-state index contributed by atoms with van der Waals surface area (Å²) < 4.78 is 10.9. The lowest BCUT2D eigenvalue weighted by molar-refractivity contribution is -0.123. The molecule has 4 heterocycles. The second kappa shape index (κ2) is 6.72. The number of hydrazine groups is 1. The van der Waals surface area contributed by atoms with Gasteiger partial charge in [0.2, 0.25) is 12.7 Å². The van der Waals surface area contributed by atoms with Crippen molar-refractivity contribution < 1.29 is 14.3 Å². The molecule has 1 aromatic rings. The number of benzene rings is 1. The Morgan fingerprint density at radius 3 is 2.81 bits per heavy atom. The van der Waals surface area contributed by atoms with Crippen LogP contribution in [0.15, 0.2) is 18.2 Å². The molecule has 3 saturated heterocycles. The lowest BCUT2D eigenvalue weighted by Crippen LogP contribution is -2.47. The normalized spacial score (nSPS) is 34.8. The Labute approximate surface area is 153 Å². The highest BCUT2D eigenvalue weighted by molar-refractivity contribution is 5.76. The highest BCUT2D eigenvalue weighted by Crippen LogP contribution is 2.36. The molecule has 0 aliphatic carbocycles. The van der Waals surface area contributed by atoms with E-state index in [0.717, 1.165) is 36.4 Å². The number of carbonyl (C=O) groups is 1. The van der Waals surface area contributed by atoms with Gasteiger partial charge in [-0.1, -0.05) is 6.07 Å². The smallest absolute Gasteiger partial charge is 0.231 e. The second-order valence-corrected chi connectivity index (χ2v) is 7.97. The fourth-order valence-corrected chi connectivity index (χ4v) is 4.92. The van der Waals surface area contributed by atoms with Crippen LogP contribution in [0.5, 0.6) is 11.5 Å². The van der Waals surface area contributed by atoms with Crippen molar-refractivity contribution in [2.45, 2.75) is 56.3 Å². The fraction of sp³-hybridized carbons (Fsp3) is 0.632. The molecule has 7 heteroatoms. The summed E-state index contributed by atoms with van der Waals surface area (Å²) in [5.41, 5.74) is 7.52. The lowest BCUT2D eigenvalue weighted by Gasteiger charge is -2.29. The summed E-state index contributed by atoms with van der Waals surface area (Å²) in [4.78, 5) is 12.6. The number of piperidine rings is 1. The zero-order chi connectivity index (χ0) is 17.5. The van der Waals surface area contributed by atoms with E-state index in [2.05, 4.69) is 27.6 Å². The Bertz CT molecular complexity index is 685. The van der Waals surface area contributed by atoms with E-state index in [0.29, 0.717) is 24.4 Å². The number of rotatable bonds is 4. The molecule has 4 unspecified atom stereocenters. The van der Waals surface area contributed by atoms with Crippen molar-refractivity contribution in [3.63, 3.8) is 0 Å². The van der Waals surface area contributed by atoms with Gasteiger partial charge < -0.3 is 20.1 Å². The summed E-state index contributed by atoms with van der Waals surface area (Å²) in [6.45, 7) is 1.04. The first kappa shape index (κ1) is 16.4. The van der Waals surface area contributed by atoms with Gasteiger partial charge in [-0.2, -0.15) is 0 Å². The molecule has 140 valence electrons. The molecule has 5 rings (SSSR count). The van der Waals surface area contributed by atoms with Crippen molar-refractivity contribution in [2.75, 3.05) is 13.3 Å². The van der Waals surface area contributed by atoms with E-state index >= 15 is 0 Å². The van der Waals surface area contributed by atoms with Crippen LogP contribution in [-0.2, 0) is 4.79 Å². The summed E-state index contributed by atoms with van der Waals surface area (Å²) in [6.07, 6.45) is 5.31. The van der Waals surface area contributed by atoms with Gasteiger partial charge in [0, 0.05) is 31.0 Å². The first-order valence-corrected chi connectivity index (χ1v) is 9.68. The second-order valence-electron chi connectivity index (χ2n) is 7.97. The van der Waals surface area contributed by atoms with Crippen molar-refractivity contribution in [1.29, 1.82) is 0 Å². The number of carbonyl (C=O) groups excluding carboxylic acids is 1. The Balaban J connectivity index is 1.21. The van der Waals surface area contributed by atoms with Crippen molar-refractivity contribution in [3.8, 4) is 11.5 Å². The van der Waals surface area contributed by atoms with Gasteiger partial charge in [-0.15, -0.1) is 0 Å². The standard InChI is InChI=1S/C19H26N4O3/c24-18(7-11-5-13-2-3-14(6-11)21-13)22-19-15(9-20-23-19)12-1-4-16-17(8-12)26-10-25-16/h1,4,8,11,13-15,19-21,23H,2-3,5-7,9-10H2,(H,22,24). The van der Waals surface area contributed by atoms with Gasteiger partial charge in [-0.05, 0) is 49.3 Å². The predicted octanol–water partition coefficient (Wildman–Crippen LogP) is 0.970. The first-order valence-electron chi connectivity index (χ1n) is 9.68. The molecule has 4 aliphatic heterocycles. The van der Waals surface area contributed by atoms with Crippen molar-refractivity contribution in [2.24, 2.45) is 5.92 Å². The molecule has 0 radical (unpaired) electrons. The molecule has 4 aliphatic rings. The number of fused-ring (bicyclic) bond motifs is 3. The molecule has 26 heavy (non-hydrogen) atoms. The summed E-state index contributed by atoms with van der Waals surface area (Å²) in [5, 5.41) is 6.83. The zero-order valence-corrected chi connectivity index (χ0v) is 14.8. The Hall–Kier alpha value is -1.83. The van der Waals surface area contributed by atoms with Crippen LogP contribution < -0.4 is 31.0 Å². The topological polar surface area (TPSA) is 83.7 Å². The SMILES string of the molecule is O=C(CC1CC2CCC(C1)N2)NC1NNCC1c1ccc2c(c1)OCO2. The molecule has 2 bridgehead atoms. The van der Waals surface area contributed by atoms with Crippen molar-refractivity contribution in [1.82, 2.24) is 21.5 Å². The largest absolute Gasteiger partial charge is 0.454 e. The molecule has 1 aromatic carbocycles. The first-order chi connectivity index (χ1) is 12.7. The van der Waals surface area contributed by atoms with E-state index in [9.17, 15) is 4.79 Å². The van der Waals surface area contributed by atoms with Crippen LogP contribution in [0.1, 0.15) is 43.6 Å². The Morgan fingerprint density at radius 2 is 1.96 bits per heavy atom. The minimum atomic E-state index is -0.110. The molecule has 4 N–H and O–H groups in total. The van der Waals surface area contributed by atoms with Gasteiger partial charge in [0.25, 0.3) is 0 Å². The number of amides is 1. The van der Waals surface area contributed by atoms with Gasteiger partial charge in [-0.3, -0.25) is 10.2 Å². The van der Waals surface area contributed by atoms with E-state index in [1.807, 2.05) is 12.1 Å². The van der Waals surface area contributed by atoms with Crippen LogP contribution >= 0.6 is 0 Å². The van der Waals surface area contributed by atoms with Crippen LogP contribution in [-0.4, -0.2) is 37.5 Å². The molecule has 3 fully saturated rings. The minimum absolute atomic E-state index is 0.110. The summed E-state index contributed by atoms with van der Waals surface area (Å²) >= 11 is 0. The fourth-order valence-electron chi connectivity index (χ4n) is 4.92. The monoisotopic (exact) mass is 358 g/mol. The highest BCUT2D eigenvalue weighted by Gasteiger charge is 2.35. The maximum Gasteiger partial charge on any atom is 0.231 e. The number of nitrogens with one attached hydrogen (secondary N) is 4. The van der Waals surface area contributed by atoms with Gasteiger partial charge in [-0.25, -0.2) is 5.43 Å². The van der Waals surface area contributed by atoms with E-state index in [1.165, 1.54) is 12.8 Å². The average Bonchev–Trinajstić information content (AvgIpc) is 3.34. The van der Waals surface area contributed by atoms with Crippen molar-refractivity contribution >= 4 is 5.91 Å². The van der Waals surface area contributed by atoms with Crippen LogP contribution in [0.2, 0.25) is 0 Å². The molecular weight excluding hydrogens is 332 g/mol. The van der Waals surface area contributed by atoms with E-state index in [1.54, 1.807) is 0 Å². The summed E-state index contributed by atoms with van der Waals surface area (Å²) in [6, 6.07) is 7.26. The quantitative estimate of drug-likeness (QED) is 0.642. The molecular formula is C19H26N4O3. The number of hydrogen-bond acceptors (Lipinski definition) is 6. The van der Waals surface area contributed by atoms with Crippen LogP contribution in [0.4, 0.5) is 0 Å². The maximum atomic E-state index is 12.6. The van der Waals surface area contributed by atoms with Crippen LogP contribution in [0, 0.1) is 5.92 Å². The van der Waals surface area contributed by atoms with E-state index < -0.39 is 0 Å². The number of hydrogen-bond donors (Lipinski definition) is 4. The Kier molecular flexibility index (Phi) is 4.23. The van der Waals surface area contributed by atoms with Crippen LogP contribution in [0.25, 0.3) is 0 Å². The van der Waals surface area contributed by atoms with Gasteiger partial charge >= 0.3 is 0 Å². The molecule has 0 aromatic heterocycles. The third-order valence-corrected chi connectivity index (χ3v) is 6.17. The van der Waals surface area contributed by atoms with Crippen molar-refractivity contribution in [3.05, 3.63) is 23.8 Å². The van der Waals surface area contributed by atoms with Gasteiger partial charge in [0.1, 0.15) is 6.17 Å². The number of ether oxygens (including phenoxy) is 2. The minimum Gasteiger partial charge on any atom is -0.454 e. The van der Waals surface area contributed by atoms with Gasteiger partial charge in [0.15, 0.2) is 11.5 Å². The third kappa shape index (κ3) is 3.15. The lowest BCUT2D eigenvalue weighted by atomic mass is 9.89. The highest BCUT2D eigenvalue weighted by atomic mass is 16.7. The van der Waals surface area contributed by atoms with Gasteiger partial charge in [0.05, 0.1) is 0 Å². The molecule has 4 atom stereocenters. The average molecular weight is 358 g/mol. The van der Waals surface area contributed by atoms with E-state index in [4.69, 9.17) is 9.47 Å². The molecule has 0 saturated carbocycles. The summed E-state index contributed by atoms with van der Waals surface area (Å²) in [7, 11) is 0. The predicted molar refractivity (Wildman–Crippen MR) is 95.7 cm³/mol. The van der Waals surface area contributed by atoms with Crippen LogP contribution in [0.3, 0.4) is 0 Å². The third-order valence-electron chi connectivity index (χ3n) is 6.17.